The maximum Gasteiger partial charge on any atom is 0.263 e. The largest absolute Gasteiger partial charge is 0.322 e. The first-order valence-electron chi connectivity index (χ1n) is 11.4. The summed E-state index contributed by atoms with van der Waals surface area (Å²) in [6.07, 6.45) is 0. The molecule has 0 aliphatic carbocycles. The number of amides is 1. The third kappa shape index (κ3) is 6.72. The fourth-order valence-corrected chi connectivity index (χ4v) is 6.41. The van der Waals surface area contributed by atoms with Crippen LogP contribution in [0.5, 0.6) is 0 Å². The molecule has 3 N–H and O–H groups in total. The van der Waals surface area contributed by atoms with Crippen molar-refractivity contribution in [1.82, 2.24) is 0 Å². The van der Waals surface area contributed by atoms with Gasteiger partial charge in [-0.2, -0.15) is 0 Å². The minimum Gasteiger partial charge on any atom is -0.322 e. The van der Waals surface area contributed by atoms with E-state index in [1.807, 2.05) is 6.92 Å². The molecular formula is C27H23Cl2N3O5S2. The van der Waals surface area contributed by atoms with Gasteiger partial charge >= 0.3 is 0 Å². The SMILES string of the molecule is Cc1ccc(NS(=O)(=O)c2cc(C(=O)Nc3ccc(S(=O)(=O)Nc4cccc(Cl)c4C)cc3)ccc2Cl)cc1. The standard InChI is InChI=1S/C27H23Cl2N3O5S2/c1-17-6-9-21(10-7-17)31-39(36,37)26-16-19(8-15-24(26)29)27(33)30-20-11-13-22(14-12-20)38(34,35)32-25-5-3-4-23(28)18(25)2/h3-16,31-32H,1-2H3,(H,30,33). The van der Waals surface area contributed by atoms with Crippen molar-refractivity contribution in [3.8, 4) is 0 Å². The van der Waals surface area contributed by atoms with E-state index in [1.165, 1.54) is 42.5 Å². The summed E-state index contributed by atoms with van der Waals surface area (Å²) in [4.78, 5) is 12.6. The number of benzene rings is 4. The highest BCUT2D eigenvalue weighted by Gasteiger charge is 2.21. The Labute approximate surface area is 237 Å². The van der Waals surface area contributed by atoms with Gasteiger partial charge in [-0.25, -0.2) is 16.8 Å². The molecule has 0 atom stereocenters. The molecule has 0 aliphatic heterocycles. The van der Waals surface area contributed by atoms with E-state index in [-0.39, 0.29) is 20.4 Å². The quantitative estimate of drug-likeness (QED) is 0.213. The second-order valence-corrected chi connectivity index (χ2v) is 12.8. The van der Waals surface area contributed by atoms with Crippen molar-refractivity contribution in [3.63, 3.8) is 0 Å². The van der Waals surface area contributed by atoms with Gasteiger partial charge in [0.05, 0.1) is 15.6 Å². The zero-order valence-corrected chi connectivity index (χ0v) is 23.8. The van der Waals surface area contributed by atoms with Gasteiger partial charge in [0, 0.05) is 22.0 Å². The van der Waals surface area contributed by atoms with Crippen molar-refractivity contribution < 1.29 is 21.6 Å². The number of carbonyl (C=O) groups excluding carboxylic acids is 1. The zero-order valence-electron chi connectivity index (χ0n) is 20.7. The molecule has 0 radical (unpaired) electrons. The molecule has 0 unspecified atom stereocenters. The van der Waals surface area contributed by atoms with Crippen molar-refractivity contribution in [2.45, 2.75) is 23.6 Å². The molecule has 0 saturated carbocycles. The van der Waals surface area contributed by atoms with Crippen LogP contribution in [-0.2, 0) is 20.0 Å². The summed E-state index contributed by atoms with van der Waals surface area (Å²) in [6.45, 7) is 3.58. The molecule has 0 spiro atoms. The monoisotopic (exact) mass is 603 g/mol. The van der Waals surface area contributed by atoms with Crippen molar-refractivity contribution in [1.29, 1.82) is 0 Å². The first-order valence-corrected chi connectivity index (χ1v) is 15.2. The Morgan fingerprint density at radius 2 is 1.33 bits per heavy atom. The van der Waals surface area contributed by atoms with Gasteiger partial charge in [0.1, 0.15) is 4.90 Å². The van der Waals surface area contributed by atoms with E-state index in [0.717, 1.165) is 5.56 Å². The smallest absolute Gasteiger partial charge is 0.263 e. The molecule has 202 valence electrons. The summed E-state index contributed by atoms with van der Waals surface area (Å²) in [7, 11) is -8.00. The molecular weight excluding hydrogens is 581 g/mol. The third-order valence-corrected chi connectivity index (χ3v) is 9.37. The van der Waals surface area contributed by atoms with Crippen LogP contribution < -0.4 is 14.8 Å². The van der Waals surface area contributed by atoms with E-state index >= 15 is 0 Å². The lowest BCUT2D eigenvalue weighted by atomic mass is 10.2. The highest BCUT2D eigenvalue weighted by atomic mass is 35.5. The van der Waals surface area contributed by atoms with Crippen molar-refractivity contribution >= 4 is 66.2 Å². The van der Waals surface area contributed by atoms with Gasteiger partial charge < -0.3 is 5.32 Å². The topological polar surface area (TPSA) is 121 Å². The molecule has 0 fully saturated rings. The highest BCUT2D eigenvalue weighted by Crippen LogP contribution is 2.27. The Morgan fingerprint density at radius 3 is 2.00 bits per heavy atom. The van der Waals surface area contributed by atoms with Crippen LogP contribution >= 0.6 is 23.2 Å². The Morgan fingerprint density at radius 1 is 0.692 bits per heavy atom. The molecule has 4 aromatic rings. The van der Waals surface area contributed by atoms with Crippen molar-refractivity contribution in [2.24, 2.45) is 0 Å². The van der Waals surface area contributed by atoms with Crippen LogP contribution in [0.2, 0.25) is 10.0 Å². The number of rotatable bonds is 8. The van der Waals surface area contributed by atoms with Gasteiger partial charge in [0.15, 0.2) is 0 Å². The normalized spacial score (nSPS) is 11.6. The highest BCUT2D eigenvalue weighted by molar-refractivity contribution is 7.93. The van der Waals surface area contributed by atoms with Crippen LogP contribution in [-0.4, -0.2) is 22.7 Å². The number of nitrogens with one attached hydrogen (secondary N) is 3. The number of aryl methyl sites for hydroxylation is 1. The lowest BCUT2D eigenvalue weighted by Crippen LogP contribution is -2.17. The summed E-state index contributed by atoms with van der Waals surface area (Å²) in [5, 5.41) is 3.00. The predicted molar refractivity (Wildman–Crippen MR) is 155 cm³/mol. The minimum absolute atomic E-state index is 0.0260. The molecule has 4 rings (SSSR count). The maximum absolute atomic E-state index is 12.9. The number of anilines is 3. The molecule has 0 bridgehead atoms. The van der Waals surface area contributed by atoms with Crippen LogP contribution in [0.25, 0.3) is 0 Å². The number of halogens is 2. The fraction of sp³-hybridized carbons (Fsp3) is 0.0741. The van der Waals surface area contributed by atoms with Gasteiger partial charge in [-0.05, 0) is 86.1 Å². The summed E-state index contributed by atoms with van der Waals surface area (Å²) in [6, 6.07) is 21.0. The summed E-state index contributed by atoms with van der Waals surface area (Å²) in [5.74, 6) is -0.610. The van der Waals surface area contributed by atoms with E-state index in [1.54, 1.807) is 49.4 Å². The average Bonchev–Trinajstić information content (AvgIpc) is 2.88. The van der Waals surface area contributed by atoms with Gasteiger partial charge in [0.25, 0.3) is 26.0 Å². The van der Waals surface area contributed by atoms with Crippen molar-refractivity contribution in [2.75, 3.05) is 14.8 Å². The minimum atomic E-state index is -4.08. The molecule has 1 amide bonds. The Bertz CT molecular complexity index is 1760. The van der Waals surface area contributed by atoms with Gasteiger partial charge in [-0.1, -0.05) is 47.0 Å². The summed E-state index contributed by atoms with van der Waals surface area (Å²) < 4.78 is 56.5. The molecule has 0 aromatic heterocycles. The number of sulfonamides is 2. The third-order valence-electron chi connectivity index (χ3n) is 5.72. The van der Waals surface area contributed by atoms with Crippen LogP contribution in [0.15, 0.2) is 94.7 Å². The predicted octanol–water partition coefficient (Wildman–Crippen LogP) is 6.46. The second kappa shape index (κ2) is 11.3. The van der Waals surface area contributed by atoms with Crippen LogP contribution in [0, 0.1) is 13.8 Å². The zero-order chi connectivity index (χ0) is 28.4. The summed E-state index contributed by atoms with van der Waals surface area (Å²) in [5.41, 5.74) is 2.60. The van der Waals surface area contributed by atoms with E-state index in [0.29, 0.717) is 27.6 Å². The lowest BCUT2D eigenvalue weighted by Gasteiger charge is -2.13. The maximum atomic E-state index is 12.9. The lowest BCUT2D eigenvalue weighted by molar-refractivity contribution is 0.102. The molecule has 4 aromatic carbocycles. The molecule has 0 saturated heterocycles. The average molecular weight is 605 g/mol. The first kappa shape index (κ1) is 28.4. The Hall–Kier alpha value is -3.57. The molecule has 0 heterocycles. The van der Waals surface area contributed by atoms with Crippen LogP contribution in [0.3, 0.4) is 0 Å². The van der Waals surface area contributed by atoms with Gasteiger partial charge in [-0.3, -0.25) is 14.2 Å². The Balaban J connectivity index is 1.50. The van der Waals surface area contributed by atoms with E-state index in [4.69, 9.17) is 23.2 Å². The second-order valence-electron chi connectivity index (χ2n) is 8.61. The van der Waals surface area contributed by atoms with Crippen LogP contribution in [0.1, 0.15) is 21.5 Å². The van der Waals surface area contributed by atoms with E-state index in [9.17, 15) is 21.6 Å². The molecule has 12 heteroatoms. The van der Waals surface area contributed by atoms with E-state index in [2.05, 4.69) is 14.8 Å². The van der Waals surface area contributed by atoms with E-state index < -0.39 is 26.0 Å². The van der Waals surface area contributed by atoms with Crippen LogP contribution in [0.4, 0.5) is 17.1 Å². The first-order chi connectivity index (χ1) is 18.4. The molecule has 39 heavy (non-hydrogen) atoms. The number of hydrogen-bond donors (Lipinski definition) is 3. The Kier molecular flexibility index (Phi) is 8.22. The fourth-order valence-electron chi connectivity index (χ4n) is 3.52. The van der Waals surface area contributed by atoms with Gasteiger partial charge in [-0.15, -0.1) is 0 Å². The molecule has 0 aliphatic rings. The summed E-state index contributed by atoms with van der Waals surface area (Å²) >= 11 is 12.2. The van der Waals surface area contributed by atoms with Gasteiger partial charge in [0.2, 0.25) is 0 Å². The number of carbonyl (C=O) groups is 1. The van der Waals surface area contributed by atoms with Crippen molar-refractivity contribution in [3.05, 3.63) is 112 Å². The number of hydrogen-bond acceptors (Lipinski definition) is 5. The molecule has 8 nitrogen and oxygen atoms in total.